The monoisotopic (exact) mass is 480 g/mol. The first kappa shape index (κ1) is 24.3. The molecule has 8 heteroatoms. The Morgan fingerprint density at radius 3 is 2.12 bits per heavy atom. The highest BCUT2D eigenvalue weighted by Crippen LogP contribution is 2.35. The van der Waals surface area contributed by atoms with Crippen LogP contribution in [0, 0.1) is 0 Å². The summed E-state index contributed by atoms with van der Waals surface area (Å²) in [5.74, 6) is 0. The molecule has 2 saturated heterocycles. The predicted octanol–water partition coefficient (Wildman–Crippen LogP) is 4.82. The van der Waals surface area contributed by atoms with E-state index < -0.39 is 11.7 Å². The van der Waals surface area contributed by atoms with Crippen LogP contribution in [0.1, 0.15) is 23.1 Å². The van der Waals surface area contributed by atoms with E-state index in [1.807, 2.05) is 24.3 Å². The fraction of sp³-hybridized carbons (Fsp3) is 0.520. The Kier molecular flexibility index (Phi) is 7.84. The summed E-state index contributed by atoms with van der Waals surface area (Å²) < 4.78 is 41.3. The van der Waals surface area contributed by atoms with E-state index in [0.29, 0.717) is 12.1 Å². The van der Waals surface area contributed by atoms with E-state index in [2.05, 4.69) is 26.6 Å². The molecule has 2 aliphatic heterocycles. The quantitative estimate of drug-likeness (QED) is 0.608. The van der Waals surface area contributed by atoms with Crippen molar-refractivity contribution in [2.75, 3.05) is 64.3 Å². The van der Waals surface area contributed by atoms with Crippen LogP contribution in [0.2, 0.25) is 5.02 Å². The van der Waals surface area contributed by atoms with Gasteiger partial charge in [-0.1, -0.05) is 23.7 Å². The minimum absolute atomic E-state index is 0.325. The molecule has 180 valence electrons. The number of rotatable bonds is 5. The molecule has 33 heavy (non-hydrogen) atoms. The smallest absolute Gasteiger partial charge is 0.370 e. The van der Waals surface area contributed by atoms with Crippen molar-refractivity contribution in [3.8, 4) is 0 Å². The molecule has 0 N–H and O–H groups in total. The van der Waals surface area contributed by atoms with Crippen LogP contribution in [0.15, 0.2) is 42.5 Å². The molecule has 0 aliphatic carbocycles. The van der Waals surface area contributed by atoms with Crippen LogP contribution in [0.25, 0.3) is 0 Å². The van der Waals surface area contributed by atoms with Crippen LogP contribution in [-0.2, 0) is 19.3 Å². The molecule has 0 amide bonds. The van der Waals surface area contributed by atoms with Gasteiger partial charge in [-0.3, -0.25) is 9.80 Å². The summed E-state index contributed by atoms with van der Waals surface area (Å²) in [6, 6.07) is 12.5. The van der Waals surface area contributed by atoms with Gasteiger partial charge in [0.1, 0.15) is 0 Å². The minimum atomic E-state index is -4.34. The number of likely N-dealkylation sites (N-methyl/N-ethyl adjacent to an activating group) is 1. The first-order valence-electron chi connectivity index (χ1n) is 11.6. The van der Waals surface area contributed by atoms with Gasteiger partial charge in [-0.05, 0) is 61.5 Å². The second-order valence-corrected chi connectivity index (χ2v) is 9.60. The van der Waals surface area contributed by atoms with Crippen LogP contribution in [-0.4, -0.2) is 74.1 Å². The molecule has 4 rings (SSSR count). The average Bonchev–Trinajstić information content (AvgIpc) is 3.00. The zero-order chi connectivity index (χ0) is 23.4. The normalized spacial score (nSPS) is 19.6. The zero-order valence-electron chi connectivity index (χ0n) is 19.1. The third-order valence-electron chi connectivity index (χ3n) is 6.66. The highest BCUT2D eigenvalue weighted by molar-refractivity contribution is 6.30. The first-order valence-corrected chi connectivity index (χ1v) is 12.0. The van der Waals surface area contributed by atoms with E-state index in [4.69, 9.17) is 11.6 Å². The molecular weight excluding hydrogens is 449 g/mol. The summed E-state index contributed by atoms with van der Waals surface area (Å²) in [5.41, 5.74) is 1.96. The Morgan fingerprint density at radius 2 is 1.45 bits per heavy atom. The molecule has 2 aliphatic rings. The first-order chi connectivity index (χ1) is 15.8. The average molecular weight is 481 g/mol. The second-order valence-electron chi connectivity index (χ2n) is 9.16. The van der Waals surface area contributed by atoms with Crippen molar-refractivity contribution in [2.24, 2.45) is 0 Å². The maximum Gasteiger partial charge on any atom is 0.416 e. The molecule has 0 spiro atoms. The lowest BCUT2D eigenvalue weighted by molar-refractivity contribution is -0.138. The number of halogens is 4. The third kappa shape index (κ3) is 6.63. The molecule has 2 heterocycles. The van der Waals surface area contributed by atoms with Gasteiger partial charge in [0.05, 0.1) is 5.56 Å². The van der Waals surface area contributed by atoms with Crippen LogP contribution in [0.4, 0.5) is 18.9 Å². The highest BCUT2D eigenvalue weighted by Gasteiger charge is 2.34. The lowest BCUT2D eigenvalue weighted by Crippen LogP contribution is -2.45. The maximum atomic E-state index is 13.8. The van der Waals surface area contributed by atoms with E-state index in [0.717, 1.165) is 76.0 Å². The summed E-state index contributed by atoms with van der Waals surface area (Å²) in [4.78, 5) is 8.98. The highest BCUT2D eigenvalue weighted by atomic mass is 35.5. The molecule has 0 saturated carbocycles. The molecule has 0 atom stereocenters. The Hall–Kier alpha value is -1.80. The van der Waals surface area contributed by atoms with Crippen molar-refractivity contribution in [2.45, 2.75) is 25.7 Å². The van der Waals surface area contributed by atoms with Gasteiger partial charge in [-0.2, -0.15) is 13.2 Å². The van der Waals surface area contributed by atoms with E-state index in [9.17, 15) is 13.2 Å². The molecule has 0 bridgehead atoms. The summed E-state index contributed by atoms with van der Waals surface area (Å²) >= 11 is 5.96. The van der Waals surface area contributed by atoms with Gasteiger partial charge in [0.25, 0.3) is 0 Å². The predicted molar refractivity (Wildman–Crippen MR) is 128 cm³/mol. The second kappa shape index (κ2) is 10.6. The van der Waals surface area contributed by atoms with E-state index in [-0.39, 0.29) is 0 Å². The van der Waals surface area contributed by atoms with Gasteiger partial charge in [0.15, 0.2) is 0 Å². The molecule has 0 radical (unpaired) electrons. The van der Waals surface area contributed by atoms with Crippen molar-refractivity contribution in [3.05, 3.63) is 64.2 Å². The molecule has 4 nitrogen and oxygen atoms in total. The van der Waals surface area contributed by atoms with Gasteiger partial charge in [0.2, 0.25) is 0 Å². The van der Waals surface area contributed by atoms with Crippen molar-refractivity contribution >= 4 is 17.3 Å². The third-order valence-corrected chi connectivity index (χ3v) is 6.91. The van der Waals surface area contributed by atoms with Crippen molar-refractivity contribution < 1.29 is 13.2 Å². The number of alkyl halides is 3. The fourth-order valence-electron chi connectivity index (χ4n) is 4.68. The summed E-state index contributed by atoms with van der Waals surface area (Å²) in [5, 5.41) is 0.721. The lowest BCUT2D eigenvalue weighted by Gasteiger charge is -2.35. The van der Waals surface area contributed by atoms with Gasteiger partial charge >= 0.3 is 6.18 Å². The molecule has 0 aromatic heterocycles. The van der Waals surface area contributed by atoms with Crippen LogP contribution in [0.3, 0.4) is 0 Å². The van der Waals surface area contributed by atoms with Crippen molar-refractivity contribution in [3.63, 3.8) is 0 Å². The number of nitrogens with zero attached hydrogens (tertiary/aromatic N) is 4. The van der Waals surface area contributed by atoms with E-state index in [1.54, 1.807) is 12.1 Å². The van der Waals surface area contributed by atoms with Gasteiger partial charge < -0.3 is 9.80 Å². The number of hydrogen-bond donors (Lipinski definition) is 0. The number of benzene rings is 2. The minimum Gasteiger partial charge on any atom is -0.370 e. The van der Waals surface area contributed by atoms with Crippen LogP contribution >= 0.6 is 11.6 Å². The molecule has 2 fully saturated rings. The van der Waals surface area contributed by atoms with Crippen molar-refractivity contribution in [1.82, 2.24) is 14.7 Å². The summed E-state index contributed by atoms with van der Waals surface area (Å²) in [6.07, 6.45) is -3.33. The van der Waals surface area contributed by atoms with E-state index >= 15 is 0 Å². The molecule has 2 aromatic carbocycles. The topological polar surface area (TPSA) is 13.0 Å². The summed E-state index contributed by atoms with van der Waals surface area (Å²) in [7, 11) is 2.09. The largest absolute Gasteiger partial charge is 0.416 e. The Morgan fingerprint density at radius 1 is 0.788 bits per heavy atom. The SMILES string of the molecule is CN1CCCN(c2ccc(C(F)(F)F)c(CN3CCN(Cc4ccc(Cl)cc4)CC3)c2)CC1. The van der Waals surface area contributed by atoms with Crippen LogP contribution in [0.5, 0.6) is 0 Å². The zero-order valence-corrected chi connectivity index (χ0v) is 19.9. The lowest BCUT2D eigenvalue weighted by atomic mass is 10.0. The Bertz CT molecular complexity index is 911. The standard InChI is InChI=1S/C25H32ClF3N4/c1-30-9-2-10-33(16-11-30)23-7-8-24(25(27,28)29)21(17-23)19-32-14-12-31(13-15-32)18-20-3-5-22(26)6-4-20/h3-8,17H,2,9-16,18-19H2,1H3. The summed E-state index contributed by atoms with van der Waals surface area (Å²) in [6.45, 7) is 7.99. The number of anilines is 1. The Balaban J connectivity index is 1.42. The van der Waals surface area contributed by atoms with Gasteiger partial charge in [-0.25, -0.2) is 0 Å². The Labute approximate surface area is 199 Å². The number of piperazine rings is 1. The fourth-order valence-corrected chi connectivity index (χ4v) is 4.81. The maximum absolute atomic E-state index is 13.8. The molecule has 2 aromatic rings. The van der Waals surface area contributed by atoms with Crippen molar-refractivity contribution in [1.29, 1.82) is 0 Å². The van der Waals surface area contributed by atoms with Gasteiger partial charge in [0, 0.05) is 69.6 Å². The molecule has 0 unspecified atom stereocenters. The number of hydrogen-bond acceptors (Lipinski definition) is 4. The van der Waals surface area contributed by atoms with Gasteiger partial charge in [-0.15, -0.1) is 0 Å². The van der Waals surface area contributed by atoms with E-state index in [1.165, 1.54) is 11.6 Å². The molecular formula is C25H32ClF3N4. The van der Waals surface area contributed by atoms with Crippen LogP contribution < -0.4 is 4.90 Å².